The Bertz CT molecular complexity index is 1610. The van der Waals surface area contributed by atoms with Crippen molar-refractivity contribution >= 4 is 40.8 Å². The van der Waals surface area contributed by atoms with Crippen LogP contribution in [0, 0.1) is 11.2 Å². The SMILES string of the molecule is CC1(C)CCC(CN2CC3CC(C2)N3C(=O)c2cc(F)c3c(c2)CN(C2CCC(=O)NC2=O)C3=O)=C(c2ccc(Cl)cc2)C1. The van der Waals surface area contributed by atoms with Gasteiger partial charge in [0.25, 0.3) is 11.8 Å². The summed E-state index contributed by atoms with van der Waals surface area (Å²) in [6.07, 6.45) is 4.44. The van der Waals surface area contributed by atoms with Gasteiger partial charge < -0.3 is 9.80 Å². The van der Waals surface area contributed by atoms with E-state index in [1.807, 2.05) is 17.0 Å². The molecule has 8 nitrogen and oxygen atoms in total. The molecule has 6 aliphatic rings. The molecule has 4 fully saturated rings. The van der Waals surface area contributed by atoms with Gasteiger partial charge in [-0.2, -0.15) is 0 Å². The molecule has 4 saturated heterocycles. The summed E-state index contributed by atoms with van der Waals surface area (Å²) < 4.78 is 15.3. The second-order valence-corrected chi connectivity index (χ2v) is 14.2. The van der Waals surface area contributed by atoms with Crippen molar-refractivity contribution in [2.24, 2.45) is 5.41 Å². The minimum Gasteiger partial charge on any atom is -0.330 e. The Morgan fingerprint density at radius 3 is 2.50 bits per heavy atom. The fourth-order valence-corrected chi connectivity index (χ4v) is 7.95. The van der Waals surface area contributed by atoms with Gasteiger partial charge in [0.2, 0.25) is 11.8 Å². The van der Waals surface area contributed by atoms with Gasteiger partial charge in [0.1, 0.15) is 11.9 Å². The van der Waals surface area contributed by atoms with E-state index in [0.29, 0.717) is 5.56 Å². The van der Waals surface area contributed by atoms with Crippen LogP contribution in [0.25, 0.3) is 5.57 Å². The average Bonchev–Trinajstić information content (AvgIpc) is 3.30. The molecule has 230 valence electrons. The molecule has 5 heterocycles. The third-order valence-corrected chi connectivity index (χ3v) is 10.4. The first kappa shape index (κ1) is 29.2. The van der Waals surface area contributed by atoms with Crippen LogP contribution in [0.15, 0.2) is 42.0 Å². The quantitative estimate of drug-likeness (QED) is 0.486. The van der Waals surface area contributed by atoms with Crippen molar-refractivity contribution in [3.8, 4) is 0 Å². The third-order valence-electron chi connectivity index (χ3n) is 10.1. The normalized spacial score (nSPS) is 26.5. The maximum atomic E-state index is 15.3. The van der Waals surface area contributed by atoms with E-state index in [1.54, 1.807) is 6.07 Å². The number of hydrogen-bond donors (Lipinski definition) is 1. The topological polar surface area (TPSA) is 90.0 Å². The minimum atomic E-state index is -0.836. The van der Waals surface area contributed by atoms with Gasteiger partial charge in [-0.1, -0.05) is 43.2 Å². The number of halogens is 2. The van der Waals surface area contributed by atoms with Gasteiger partial charge in [-0.3, -0.25) is 29.4 Å². The number of amides is 4. The van der Waals surface area contributed by atoms with E-state index >= 15 is 4.39 Å². The average molecular weight is 619 g/mol. The van der Waals surface area contributed by atoms with E-state index < -0.39 is 23.7 Å². The predicted octanol–water partition coefficient (Wildman–Crippen LogP) is 4.80. The molecular weight excluding hydrogens is 583 g/mol. The van der Waals surface area contributed by atoms with Gasteiger partial charge in [0, 0.05) is 55.3 Å². The standard InChI is InChI=1S/C34H36ClFN4O4/c1-34(2)10-9-20(26(14-34)19-3-5-23(35)6-4-19)15-38-17-24-13-25(18-38)40(24)32(43)21-11-22-16-39(33(44)30(22)27(36)12-21)28-7-8-29(41)37-31(28)42/h3-6,11-12,24-25,28H,7-10,13-18H2,1-2H3,(H,37,41,42). The molecule has 4 amide bonds. The van der Waals surface area contributed by atoms with Crippen LogP contribution in [0.5, 0.6) is 0 Å². The van der Waals surface area contributed by atoms with Crippen LogP contribution in [-0.2, 0) is 16.1 Å². The number of piperidine rings is 2. The van der Waals surface area contributed by atoms with Crippen molar-refractivity contribution < 1.29 is 23.6 Å². The van der Waals surface area contributed by atoms with Crippen molar-refractivity contribution in [3.63, 3.8) is 0 Å². The number of carbonyl (C=O) groups excluding carboxylic acids is 4. The number of benzene rings is 2. The number of nitrogens with one attached hydrogen (secondary N) is 1. The zero-order chi connectivity index (χ0) is 30.9. The Kier molecular flexibility index (Phi) is 7.16. The molecule has 3 unspecified atom stereocenters. The minimum absolute atomic E-state index is 0.0288. The molecule has 2 aromatic rings. The Labute approximate surface area is 261 Å². The summed E-state index contributed by atoms with van der Waals surface area (Å²) in [6, 6.07) is 10.2. The van der Waals surface area contributed by atoms with Crippen LogP contribution in [0.4, 0.5) is 4.39 Å². The van der Waals surface area contributed by atoms with Gasteiger partial charge in [-0.15, -0.1) is 0 Å². The summed E-state index contributed by atoms with van der Waals surface area (Å²) >= 11 is 6.17. The molecule has 1 aliphatic carbocycles. The molecule has 5 aliphatic heterocycles. The number of hydrogen-bond acceptors (Lipinski definition) is 5. The van der Waals surface area contributed by atoms with E-state index in [4.69, 9.17) is 11.6 Å². The lowest BCUT2D eigenvalue weighted by molar-refractivity contribution is -0.136. The Morgan fingerprint density at radius 1 is 1.07 bits per heavy atom. The highest BCUT2D eigenvalue weighted by atomic mass is 35.5. The molecule has 1 N–H and O–H groups in total. The van der Waals surface area contributed by atoms with E-state index in [-0.39, 0.29) is 59.8 Å². The van der Waals surface area contributed by atoms with Crippen LogP contribution in [0.3, 0.4) is 0 Å². The molecule has 0 radical (unpaired) electrons. The molecule has 2 bridgehead atoms. The number of nitrogens with zero attached hydrogens (tertiary/aromatic N) is 3. The molecule has 3 atom stereocenters. The van der Waals surface area contributed by atoms with Crippen molar-refractivity contribution in [1.29, 1.82) is 0 Å². The summed E-state index contributed by atoms with van der Waals surface area (Å²) in [4.78, 5) is 56.3. The van der Waals surface area contributed by atoms with Crippen molar-refractivity contribution in [1.82, 2.24) is 20.0 Å². The predicted molar refractivity (Wildman–Crippen MR) is 163 cm³/mol. The number of carbonyl (C=O) groups is 4. The first-order valence-electron chi connectivity index (χ1n) is 15.5. The number of allylic oxidation sites excluding steroid dienone is 1. The largest absolute Gasteiger partial charge is 0.330 e. The zero-order valence-corrected chi connectivity index (χ0v) is 25.8. The number of fused-ring (bicyclic) bond motifs is 3. The molecule has 44 heavy (non-hydrogen) atoms. The van der Waals surface area contributed by atoms with Crippen molar-refractivity contribution in [2.45, 2.75) is 77.0 Å². The van der Waals surface area contributed by atoms with Crippen LogP contribution in [0.2, 0.25) is 5.02 Å². The van der Waals surface area contributed by atoms with Gasteiger partial charge >= 0.3 is 0 Å². The van der Waals surface area contributed by atoms with Crippen LogP contribution in [0.1, 0.15) is 84.2 Å². The second-order valence-electron chi connectivity index (χ2n) is 13.8. The van der Waals surface area contributed by atoms with E-state index in [9.17, 15) is 19.2 Å². The van der Waals surface area contributed by atoms with Crippen LogP contribution >= 0.6 is 11.6 Å². The van der Waals surface area contributed by atoms with Crippen LogP contribution < -0.4 is 5.32 Å². The number of rotatable bonds is 5. The molecule has 0 aromatic heterocycles. The van der Waals surface area contributed by atoms with Crippen molar-refractivity contribution in [3.05, 3.63) is 75.1 Å². The smallest absolute Gasteiger partial charge is 0.258 e. The van der Waals surface area contributed by atoms with Crippen LogP contribution in [-0.4, -0.2) is 76.1 Å². The highest BCUT2D eigenvalue weighted by Crippen LogP contribution is 2.44. The molecule has 0 saturated carbocycles. The zero-order valence-electron chi connectivity index (χ0n) is 25.0. The van der Waals surface area contributed by atoms with E-state index in [1.165, 1.54) is 21.6 Å². The Hall–Kier alpha value is -3.56. The van der Waals surface area contributed by atoms with E-state index in [2.05, 4.69) is 36.2 Å². The molecule has 2 aromatic carbocycles. The molecule has 10 heteroatoms. The molecular formula is C34H36ClFN4O4. The maximum absolute atomic E-state index is 15.3. The fourth-order valence-electron chi connectivity index (χ4n) is 7.82. The van der Waals surface area contributed by atoms with Gasteiger partial charge in [0.05, 0.1) is 5.56 Å². The maximum Gasteiger partial charge on any atom is 0.258 e. The molecule has 0 spiro atoms. The monoisotopic (exact) mass is 618 g/mol. The molecule has 8 rings (SSSR count). The summed E-state index contributed by atoms with van der Waals surface area (Å²) in [5.41, 5.74) is 4.85. The summed E-state index contributed by atoms with van der Waals surface area (Å²) in [7, 11) is 0. The highest BCUT2D eigenvalue weighted by Gasteiger charge is 2.48. The van der Waals surface area contributed by atoms with Gasteiger partial charge in [-0.05, 0) is 78.5 Å². The van der Waals surface area contributed by atoms with Gasteiger partial charge in [-0.25, -0.2) is 4.39 Å². The Morgan fingerprint density at radius 2 is 1.80 bits per heavy atom. The summed E-state index contributed by atoms with van der Waals surface area (Å²) in [6.45, 7) is 7.07. The summed E-state index contributed by atoms with van der Waals surface area (Å²) in [5.74, 6) is -2.49. The Balaban J connectivity index is 1.05. The first-order valence-corrected chi connectivity index (χ1v) is 15.8. The second kappa shape index (κ2) is 10.8. The van der Waals surface area contributed by atoms with Crippen molar-refractivity contribution in [2.75, 3.05) is 19.6 Å². The lowest BCUT2D eigenvalue weighted by Gasteiger charge is -2.56. The summed E-state index contributed by atoms with van der Waals surface area (Å²) in [5, 5.41) is 2.99. The third kappa shape index (κ3) is 5.13. The number of piperazine rings is 1. The number of imide groups is 1. The first-order chi connectivity index (χ1) is 21.0. The lowest BCUT2D eigenvalue weighted by atomic mass is 9.72. The fraction of sp³-hybridized carbons (Fsp3) is 0.471. The van der Waals surface area contributed by atoms with Gasteiger partial charge in [0.15, 0.2) is 0 Å². The lowest BCUT2D eigenvalue weighted by Crippen LogP contribution is -2.70. The highest BCUT2D eigenvalue weighted by molar-refractivity contribution is 6.30. The van der Waals surface area contributed by atoms with E-state index in [0.717, 1.165) is 56.4 Å².